The van der Waals surface area contributed by atoms with Gasteiger partial charge in [-0.15, -0.1) is 0 Å². The Balaban J connectivity index is 1.68. The molecule has 0 saturated heterocycles. The first-order valence-corrected chi connectivity index (χ1v) is 11.5. The Morgan fingerprint density at radius 3 is 2.68 bits per heavy atom. The molecule has 8 heteroatoms. The first kappa shape index (κ1) is 21.8. The molecule has 4 rings (SSSR count). The van der Waals surface area contributed by atoms with Crippen molar-refractivity contribution in [1.29, 1.82) is 0 Å². The Hall–Kier alpha value is -2.45. The van der Waals surface area contributed by atoms with Crippen LogP contribution in [0.1, 0.15) is 46.1 Å². The topological polar surface area (TPSA) is 87.2 Å². The highest BCUT2D eigenvalue weighted by atomic mass is 32.2. The maximum absolute atomic E-state index is 6.15. The number of benzene rings is 1. The minimum Gasteiger partial charge on any atom is -0.454 e. The second-order valence-corrected chi connectivity index (χ2v) is 10.4. The first-order valence-electron chi connectivity index (χ1n) is 10.7. The normalized spacial score (nSPS) is 13.5. The van der Waals surface area contributed by atoms with Gasteiger partial charge in [-0.25, -0.2) is 9.97 Å². The predicted molar refractivity (Wildman–Crippen MR) is 125 cm³/mol. The Bertz CT molecular complexity index is 1090. The number of nitrogen functional groups attached to an aromatic ring is 1. The highest BCUT2D eigenvalue weighted by Crippen LogP contribution is 2.43. The SMILES string of the molecule is CC(C)c1cc2c(cc1Sc1nc3c(N)nccc3n1CCNCC(C)(C)C)OCO2. The summed E-state index contributed by atoms with van der Waals surface area (Å²) in [4.78, 5) is 10.2. The summed E-state index contributed by atoms with van der Waals surface area (Å²) in [6.45, 7) is 13.9. The van der Waals surface area contributed by atoms with Crippen LogP contribution in [-0.4, -0.2) is 34.4 Å². The zero-order valence-electron chi connectivity index (χ0n) is 18.9. The van der Waals surface area contributed by atoms with Crippen LogP contribution in [-0.2, 0) is 6.54 Å². The Morgan fingerprint density at radius 2 is 1.97 bits per heavy atom. The lowest BCUT2D eigenvalue weighted by Crippen LogP contribution is -2.29. The molecule has 0 radical (unpaired) electrons. The van der Waals surface area contributed by atoms with E-state index in [0.29, 0.717) is 11.7 Å². The highest BCUT2D eigenvalue weighted by Gasteiger charge is 2.22. The Kier molecular flexibility index (Phi) is 6.03. The van der Waals surface area contributed by atoms with Crippen LogP contribution in [0.25, 0.3) is 11.0 Å². The van der Waals surface area contributed by atoms with Gasteiger partial charge in [0.2, 0.25) is 6.79 Å². The van der Waals surface area contributed by atoms with Crippen molar-refractivity contribution >= 4 is 28.6 Å². The van der Waals surface area contributed by atoms with Gasteiger partial charge in [0.1, 0.15) is 5.52 Å². The van der Waals surface area contributed by atoms with Crippen molar-refractivity contribution in [3.8, 4) is 11.5 Å². The van der Waals surface area contributed by atoms with Gasteiger partial charge in [0.25, 0.3) is 0 Å². The fraction of sp³-hybridized carbons (Fsp3) is 0.478. The summed E-state index contributed by atoms with van der Waals surface area (Å²) in [6.07, 6.45) is 1.74. The van der Waals surface area contributed by atoms with Crippen molar-refractivity contribution in [2.75, 3.05) is 25.6 Å². The molecule has 31 heavy (non-hydrogen) atoms. The van der Waals surface area contributed by atoms with Crippen LogP contribution in [0.15, 0.2) is 34.4 Å². The number of anilines is 1. The second kappa shape index (κ2) is 8.59. The number of ether oxygens (including phenoxy) is 2. The molecule has 3 N–H and O–H groups in total. The molecule has 0 atom stereocenters. The van der Waals surface area contributed by atoms with E-state index in [1.54, 1.807) is 18.0 Å². The van der Waals surface area contributed by atoms with Crippen LogP contribution in [0.4, 0.5) is 5.82 Å². The zero-order chi connectivity index (χ0) is 22.2. The van der Waals surface area contributed by atoms with E-state index in [1.807, 2.05) is 6.07 Å². The molecule has 3 aromatic rings. The number of pyridine rings is 1. The number of fused-ring (bicyclic) bond motifs is 2. The lowest BCUT2D eigenvalue weighted by atomic mass is 9.97. The minimum absolute atomic E-state index is 0.238. The smallest absolute Gasteiger partial charge is 0.231 e. The van der Waals surface area contributed by atoms with Crippen LogP contribution in [0.5, 0.6) is 11.5 Å². The van der Waals surface area contributed by atoms with Crippen LogP contribution < -0.4 is 20.5 Å². The van der Waals surface area contributed by atoms with Crippen LogP contribution in [0.3, 0.4) is 0 Å². The molecular weight excluding hydrogens is 410 g/mol. The van der Waals surface area contributed by atoms with E-state index in [4.69, 9.17) is 20.2 Å². The molecule has 3 heterocycles. The monoisotopic (exact) mass is 441 g/mol. The molecule has 2 aromatic heterocycles. The van der Waals surface area contributed by atoms with Crippen molar-refractivity contribution in [3.05, 3.63) is 30.0 Å². The van der Waals surface area contributed by atoms with Gasteiger partial charge in [-0.1, -0.05) is 46.4 Å². The number of hydrogen-bond donors (Lipinski definition) is 2. The van der Waals surface area contributed by atoms with E-state index in [9.17, 15) is 0 Å². The summed E-state index contributed by atoms with van der Waals surface area (Å²) >= 11 is 1.64. The highest BCUT2D eigenvalue weighted by molar-refractivity contribution is 7.99. The van der Waals surface area contributed by atoms with Crippen molar-refractivity contribution in [1.82, 2.24) is 19.9 Å². The van der Waals surface area contributed by atoms with Crippen molar-refractivity contribution in [2.24, 2.45) is 5.41 Å². The summed E-state index contributed by atoms with van der Waals surface area (Å²) in [5.74, 6) is 2.38. The number of nitrogens with two attached hydrogens (primary N) is 1. The van der Waals surface area contributed by atoms with Crippen molar-refractivity contribution in [3.63, 3.8) is 0 Å². The fourth-order valence-electron chi connectivity index (χ4n) is 3.58. The van der Waals surface area contributed by atoms with Gasteiger partial charge in [-0.3, -0.25) is 0 Å². The third-order valence-corrected chi connectivity index (χ3v) is 6.22. The number of hydrogen-bond acceptors (Lipinski definition) is 7. The maximum Gasteiger partial charge on any atom is 0.231 e. The molecule has 0 saturated carbocycles. The standard InChI is InChI=1S/C23H31N5O2S/c1-14(2)15-10-17-18(30-13-29-17)11-19(15)31-22-27-20-16(6-7-26-21(20)24)28(22)9-8-25-12-23(3,4)5/h6-7,10-11,14,25H,8-9,12-13H2,1-5H3,(H2,24,26). The van der Waals surface area contributed by atoms with Gasteiger partial charge in [0.15, 0.2) is 22.5 Å². The first-order chi connectivity index (χ1) is 14.7. The summed E-state index contributed by atoms with van der Waals surface area (Å²) in [7, 11) is 0. The molecule has 1 aliphatic heterocycles. The Morgan fingerprint density at radius 1 is 1.23 bits per heavy atom. The molecular formula is C23H31N5O2S. The van der Waals surface area contributed by atoms with E-state index in [1.165, 1.54) is 5.56 Å². The molecule has 0 fully saturated rings. The van der Waals surface area contributed by atoms with Gasteiger partial charge < -0.3 is 25.1 Å². The van der Waals surface area contributed by atoms with Crippen LogP contribution in [0.2, 0.25) is 0 Å². The number of nitrogens with zero attached hydrogens (tertiary/aromatic N) is 3. The summed E-state index contributed by atoms with van der Waals surface area (Å²) in [6, 6.07) is 6.13. The summed E-state index contributed by atoms with van der Waals surface area (Å²) in [5.41, 5.74) is 9.34. The summed E-state index contributed by atoms with van der Waals surface area (Å²) in [5, 5.41) is 4.45. The maximum atomic E-state index is 6.15. The molecule has 166 valence electrons. The van der Waals surface area contributed by atoms with Gasteiger partial charge in [-0.2, -0.15) is 0 Å². The number of aromatic nitrogens is 3. The average molecular weight is 442 g/mol. The predicted octanol–water partition coefficient (Wildman–Crippen LogP) is 4.65. The van der Waals surface area contributed by atoms with E-state index in [0.717, 1.165) is 52.2 Å². The Labute approximate surface area is 187 Å². The zero-order valence-corrected chi connectivity index (χ0v) is 19.7. The lowest BCUT2D eigenvalue weighted by Gasteiger charge is -2.19. The lowest BCUT2D eigenvalue weighted by molar-refractivity contribution is 0.174. The largest absolute Gasteiger partial charge is 0.454 e. The van der Waals surface area contributed by atoms with E-state index in [2.05, 4.69) is 61.6 Å². The molecule has 0 amide bonds. The molecule has 0 spiro atoms. The van der Waals surface area contributed by atoms with E-state index >= 15 is 0 Å². The molecule has 0 bridgehead atoms. The fourth-order valence-corrected chi connectivity index (χ4v) is 4.79. The number of rotatable bonds is 7. The van der Waals surface area contributed by atoms with Gasteiger partial charge in [0, 0.05) is 30.7 Å². The van der Waals surface area contributed by atoms with Crippen molar-refractivity contribution in [2.45, 2.75) is 57.1 Å². The van der Waals surface area contributed by atoms with Gasteiger partial charge in [0.05, 0.1) is 5.52 Å². The molecule has 1 aromatic carbocycles. The molecule has 0 unspecified atom stereocenters. The third-order valence-electron chi connectivity index (χ3n) is 5.16. The van der Waals surface area contributed by atoms with Gasteiger partial charge in [-0.05, 0) is 35.1 Å². The molecule has 0 aliphatic carbocycles. The minimum atomic E-state index is 0.238. The van der Waals surface area contributed by atoms with Crippen molar-refractivity contribution < 1.29 is 9.47 Å². The molecule has 1 aliphatic rings. The number of nitrogens with one attached hydrogen (secondary N) is 1. The van der Waals surface area contributed by atoms with Crippen LogP contribution >= 0.6 is 11.8 Å². The molecule has 7 nitrogen and oxygen atoms in total. The van der Waals surface area contributed by atoms with Crippen LogP contribution in [0, 0.1) is 5.41 Å². The van der Waals surface area contributed by atoms with E-state index < -0.39 is 0 Å². The second-order valence-electron chi connectivity index (χ2n) is 9.35. The van der Waals surface area contributed by atoms with E-state index in [-0.39, 0.29) is 12.2 Å². The number of imidazole rings is 1. The summed E-state index contributed by atoms with van der Waals surface area (Å²) < 4.78 is 13.4. The average Bonchev–Trinajstić information content (AvgIpc) is 3.29. The third kappa shape index (κ3) is 4.75. The van der Waals surface area contributed by atoms with Gasteiger partial charge >= 0.3 is 0 Å². The quantitative estimate of drug-likeness (QED) is 0.516.